The van der Waals surface area contributed by atoms with Crippen LogP contribution in [0.25, 0.3) is 11.1 Å². The van der Waals surface area contributed by atoms with Crippen LogP contribution >= 0.6 is 23.2 Å². The molecule has 11 bridgehead atoms. The third kappa shape index (κ3) is 12.1. The predicted octanol–water partition coefficient (Wildman–Crippen LogP) is 3.21. The largest absolute Gasteiger partial charge is 0.508 e. The Morgan fingerprint density at radius 1 is 0.725 bits per heavy atom. The lowest BCUT2D eigenvalue weighted by Gasteiger charge is -2.35. The van der Waals surface area contributed by atoms with Crippen molar-refractivity contribution in [2.24, 2.45) is 11.7 Å². The Kier molecular flexibility index (Phi) is 17.0. The fraction of sp³-hybridized carbons (Fsp3) is 0.315. The van der Waals surface area contributed by atoms with Crippen molar-refractivity contribution < 1.29 is 78.8 Å². The van der Waals surface area contributed by atoms with Gasteiger partial charge >= 0.3 is 5.97 Å². The molecule has 5 heterocycles. The van der Waals surface area contributed by atoms with Gasteiger partial charge in [0, 0.05) is 29.3 Å². The number of hydrogen-bond donors (Lipinski definition) is 14. The quantitative estimate of drug-likeness (QED) is 0.106. The second-order valence-electron chi connectivity index (χ2n) is 19.9. The maximum absolute atomic E-state index is 15.2. The van der Waals surface area contributed by atoms with Gasteiger partial charge in [0.05, 0.1) is 28.5 Å². The zero-order valence-corrected chi connectivity index (χ0v) is 44.5. The molecule has 5 aliphatic rings. The number of primary amides is 1. The topological polar surface area (TPSA) is 381 Å². The van der Waals surface area contributed by atoms with Crippen molar-refractivity contribution in [3.8, 4) is 57.1 Å². The number of ether oxygens (including phenoxy) is 2. The van der Waals surface area contributed by atoms with Gasteiger partial charge in [0.1, 0.15) is 65.1 Å². The van der Waals surface area contributed by atoms with Crippen LogP contribution < -0.4 is 47.1 Å². The Morgan fingerprint density at radius 3 is 1.91 bits per heavy atom. The van der Waals surface area contributed by atoms with Crippen LogP contribution in [0.1, 0.15) is 84.8 Å². The summed E-state index contributed by atoms with van der Waals surface area (Å²) in [6.45, 7) is 3.22. The summed E-state index contributed by atoms with van der Waals surface area (Å²) in [5.41, 5.74) is 4.41. The molecular weight excluding hydrogens is 1090 g/mol. The van der Waals surface area contributed by atoms with Crippen molar-refractivity contribution in [1.29, 1.82) is 0 Å². The number of phenolic OH excluding ortho intramolecular Hbond substituents is 4. The lowest BCUT2D eigenvalue weighted by Crippen LogP contribution is -2.58. The predicted molar refractivity (Wildman–Crippen MR) is 285 cm³/mol. The summed E-state index contributed by atoms with van der Waals surface area (Å²) in [5.74, 6) is -11.9. The van der Waals surface area contributed by atoms with E-state index in [-0.39, 0.29) is 66.8 Å². The molecule has 0 unspecified atom stereocenters. The number of carboxylic acids is 1. The summed E-state index contributed by atoms with van der Waals surface area (Å²) in [5, 5.41) is 95.1. The second-order valence-corrected chi connectivity index (χ2v) is 20.7. The summed E-state index contributed by atoms with van der Waals surface area (Å²) < 4.78 is 12.5. The molecule has 0 aromatic heterocycles. The van der Waals surface area contributed by atoms with Gasteiger partial charge in [-0.3, -0.25) is 33.7 Å². The maximum Gasteiger partial charge on any atom is 0.330 e. The molecule has 24 nitrogen and oxygen atoms in total. The number of aliphatic hydroxyl groups is 2. The summed E-state index contributed by atoms with van der Waals surface area (Å²) in [6.07, 6.45) is -4.46. The molecular formula is C54H56Cl2N8O16. The lowest BCUT2D eigenvalue weighted by molar-refractivity contribution is -0.143. The number of nitrogens with one attached hydrogen (secondary N) is 6. The van der Waals surface area contributed by atoms with Crippen molar-refractivity contribution >= 4 is 64.6 Å². The third-order valence-electron chi connectivity index (χ3n) is 13.8. The fourth-order valence-electron chi connectivity index (χ4n) is 9.80. The molecule has 26 heteroatoms. The van der Waals surface area contributed by atoms with E-state index in [1.807, 2.05) is 13.8 Å². The van der Waals surface area contributed by atoms with Gasteiger partial charge in [-0.15, -0.1) is 0 Å². The van der Waals surface area contributed by atoms with Crippen LogP contribution in [0.2, 0.25) is 10.0 Å². The van der Waals surface area contributed by atoms with Gasteiger partial charge in [-0.1, -0.05) is 55.2 Å². The number of nitrogens with two attached hydrogens (primary N) is 1. The fourth-order valence-corrected chi connectivity index (χ4v) is 10.3. The summed E-state index contributed by atoms with van der Waals surface area (Å²) in [4.78, 5) is 100. The van der Waals surface area contributed by atoms with Gasteiger partial charge < -0.3 is 82.9 Å². The maximum atomic E-state index is 15.2. The molecule has 0 saturated carbocycles. The number of carbonyl (C=O) groups is 7. The van der Waals surface area contributed by atoms with Gasteiger partial charge in [0.25, 0.3) is 0 Å². The monoisotopic (exact) mass is 1140 g/mol. The number of benzene rings is 5. The highest BCUT2D eigenvalue weighted by Crippen LogP contribution is 2.48. The van der Waals surface area contributed by atoms with Gasteiger partial charge in [0.2, 0.25) is 41.2 Å². The number of aliphatic hydroxyl groups excluding tert-OH is 2. The van der Waals surface area contributed by atoms with Crippen LogP contribution in [0, 0.1) is 5.92 Å². The SMILES string of the molecule is CN[C@H](CC(C)C)C(=O)N[C@H]1C(=O)N[C@@H](CC(N)=O)C(=O)N[C@H]2CN(C)[C@@H]3C(=O)N[C@H](C(=O)N[C@H](C(=O)O)c4cc(O)cc(O)c4-c4cc3ccc4O)[C@H](O)c3ccc(c(Cl)c3)Oc3cc2cc(c3O)Oc2ccc(cc2Cl)[C@H]1O. The first kappa shape index (κ1) is 57.8. The molecule has 0 fully saturated rings. The number of likely N-dealkylation sites (N-methyl/N-ethyl adjacent to an activating group) is 2. The van der Waals surface area contributed by atoms with E-state index in [1.165, 1.54) is 73.6 Å². The number of nitrogens with zero attached hydrogens (tertiary/aromatic N) is 1. The zero-order chi connectivity index (χ0) is 58.2. The highest BCUT2D eigenvalue weighted by Gasteiger charge is 2.41. The molecule has 5 aliphatic heterocycles. The second kappa shape index (κ2) is 23.5. The Morgan fingerprint density at radius 2 is 1.34 bits per heavy atom. The highest BCUT2D eigenvalue weighted by molar-refractivity contribution is 6.32. The van der Waals surface area contributed by atoms with Crippen LogP contribution in [-0.4, -0.2) is 127 Å². The Bertz CT molecular complexity index is 3330. The number of rotatable bonds is 8. The van der Waals surface area contributed by atoms with Gasteiger partial charge in [-0.05, 0) is 103 Å². The van der Waals surface area contributed by atoms with Gasteiger partial charge in [0.15, 0.2) is 17.5 Å². The average Bonchev–Trinajstić information content (AvgIpc) is 3.52. The van der Waals surface area contributed by atoms with Crippen molar-refractivity contribution in [1.82, 2.24) is 36.8 Å². The summed E-state index contributed by atoms with van der Waals surface area (Å²) in [7, 11) is 2.91. The van der Waals surface area contributed by atoms with Crippen LogP contribution in [0.4, 0.5) is 0 Å². The standard InChI is InChI=1S/C54H56Cl2N8O16/c1-21(2)11-31(58-3)49(72)62-43-46(69)23-6-9-36(29(55)13-23)79-38-15-25-16-39(48(38)71)80-37-10-7-24(14-30(37)56)47(70)44-52(75)61-42(54(77)78)28-17-26(65)18-35(67)41(28)27-12-22(5-8-34(27)66)45(53(76)63-44)64(4)20-33(25)60-50(73)32(19-40(57)68)59-51(43)74/h5-10,12-18,21,31-33,42-47,58,65-67,69-71H,11,19-20H2,1-4H3,(H2,57,68)(H,59,74)(H,60,73)(H,61,75)(H,62,72)(H,63,76)(H,77,78)/t31-,32+,33+,42+,43-,44+,45+,46-,47-/m1/s1. The Labute approximate surface area is 465 Å². The molecule has 5 aromatic carbocycles. The van der Waals surface area contributed by atoms with Gasteiger partial charge in [-0.25, -0.2) is 4.79 Å². The summed E-state index contributed by atoms with van der Waals surface area (Å²) in [6, 6.07) is 3.58. The number of halogens is 2. The molecule has 10 rings (SSSR count). The number of hydrogen-bond acceptors (Lipinski definition) is 17. The molecule has 0 aliphatic carbocycles. The normalized spacial score (nSPS) is 22.8. The minimum atomic E-state index is -2.11. The van der Waals surface area contributed by atoms with Crippen molar-refractivity contribution in [3.63, 3.8) is 0 Å². The number of aliphatic carboxylic acids is 1. The molecule has 5 aromatic rings. The van der Waals surface area contributed by atoms with Crippen LogP contribution in [-0.2, 0) is 33.6 Å². The number of carboxylic acid groups (broad SMARTS) is 1. The van der Waals surface area contributed by atoms with E-state index in [2.05, 4.69) is 31.9 Å². The first-order valence-electron chi connectivity index (χ1n) is 24.8. The number of phenols is 4. The van der Waals surface area contributed by atoms with Crippen molar-refractivity contribution in [2.75, 3.05) is 20.6 Å². The molecule has 0 radical (unpaired) electrons. The van der Waals surface area contributed by atoms with Crippen molar-refractivity contribution in [3.05, 3.63) is 117 Å². The Balaban J connectivity index is 1.36. The molecule has 80 heavy (non-hydrogen) atoms. The van der Waals surface area contributed by atoms with E-state index in [1.54, 1.807) is 0 Å². The van der Waals surface area contributed by atoms with E-state index in [9.17, 15) is 64.5 Å². The van der Waals surface area contributed by atoms with Crippen LogP contribution in [0.15, 0.2) is 78.9 Å². The van der Waals surface area contributed by atoms with E-state index in [0.29, 0.717) is 6.42 Å². The number of amides is 6. The smallest absolute Gasteiger partial charge is 0.330 e. The third-order valence-corrected chi connectivity index (χ3v) is 14.4. The number of aromatic hydroxyl groups is 4. The molecule has 15 N–H and O–H groups in total. The van der Waals surface area contributed by atoms with E-state index < -0.39 is 143 Å². The van der Waals surface area contributed by atoms with E-state index >= 15 is 4.79 Å². The van der Waals surface area contributed by atoms with Crippen molar-refractivity contribution in [2.45, 2.75) is 81.2 Å². The van der Waals surface area contributed by atoms with Crippen LogP contribution in [0.5, 0.6) is 46.0 Å². The lowest BCUT2D eigenvalue weighted by atomic mass is 9.89. The summed E-state index contributed by atoms with van der Waals surface area (Å²) >= 11 is 13.6. The number of fused-ring (bicyclic) bond motifs is 15. The molecule has 0 saturated heterocycles. The van der Waals surface area contributed by atoms with Crippen LogP contribution in [0.3, 0.4) is 0 Å². The minimum Gasteiger partial charge on any atom is -0.508 e. The molecule has 6 amide bonds. The Hall–Kier alpha value is -8.39. The zero-order valence-electron chi connectivity index (χ0n) is 43.0. The minimum absolute atomic E-state index is 0.00552. The van der Waals surface area contributed by atoms with E-state index in [0.717, 1.165) is 24.3 Å². The van der Waals surface area contributed by atoms with E-state index in [4.69, 9.17) is 38.4 Å². The highest BCUT2D eigenvalue weighted by atomic mass is 35.5. The first-order valence-corrected chi connectivity index (χ1v) is 25.6. The molecule has 9 atom stereocenters. The average molecular weight is 1140 g/mol. The first-order chi connectivity index (χ1) is 37.8. The molecule has 0 spiro atoms. The molecule has 422 valence electrons. The number of carbonyl (C=O) groups excluding carboxylic acids is 6. The van der Waals surface area contributed by atoms with Gasteiger partial charge in [-0.2, -0.15) is 0 Å².